The Bertz CT molecular complexity index is 592. The summed E-state index contributed by atoms with van der Waals surface area (Å²) >= 11 is 3.26. The summed E-state index contributed by atoms with van der Waals surface area (Å²) < 4.78 is 16.3. The lowest BCUT2D eigenvalue weighted by atomic mass is 10.3. The normalized spacial score (nSPS) is 10.1. The van der Waals surface area contributed by atoms with Gasteiger partial charge < -0.3 is 19.9 Å². The van der Waals surface area contributed by atoms with E-state index >= 15 is 0 Å². The van der Waals surface area contributed by atoms with Crippen LogP contribution in [0.3, 0.4) is 0 Å². The number of benzene rings is 1. The molecular weight excluding hydrogens is 314 g/mol. The standard InChI is InChI=1S/C12H12BrN3O3/c1-17-7-3-4-10(9(14)5-7)19-12-15-6-8(13)11(16-12)18-2/h3-6H,14H2,1-2H3. The van der Waals surface area contributed by atoms with Gasteiger partial charge >= 0.3 is 6.01 Å². The van der Waals surface area contributed by atoms with Gasteiger partial charge in [0.2, 0.25) is 5.88 Å². The van der Waals surface area contributed by atoms with Crippen molar-refractivity contribution in [2.45, 2.75) is 0 Å². The summed E-state index contributed by atoms with van der Waals surface area (Å²) in [5.74, 6) is 1.49. The molecule has 0 amide bonds. The van der Waals surface area contributed by atoms with E-state index in [4.69, 9.17) is 19.9 Å². The average Bonchev–Trinajstić information content (AvgIpc) is 2.43. The average molecular weight is 326 g/mol. The van der Waals surface area contributed by atoms with Gasteiger partial charge in [-0.15, -0.1) is 0 Å². The third-order valence-corrected chi connectivity index (χ3v) is 2.85. The smallest absolute Gasteiger partial charge is 0.325 e. The number of hydrogen-bond donors (Lipinski definition) is 1. The first-order valence-electron chi connectivity index (χ1n) is 5.32. The molecule has 0 fully saturated rings. The molecule has 0 spiro atoms. The molecule has 1 heterocycles. The predicted octanol–water partition coefficient (Wildman–Crippen LogP) is 2.63. The molecule has 1 aromatic carbocycles. The Morgan fingerprint density at radius 3 is 2.63 bits per heavy atom. The van der Waals surface area contributed by atoms with Crippen LogP contribution in [0.2, 0.25) is 0 Å². The minimum absolute atomic E-state index is 0.150. The van der Waals surface area contributed by atoms with Gasteiger partial charge in [0.15, 0.2) is 5.75 Å². The van der Waals surface area contributed by atoms with Gasteiger partial charge in [-0.3, -0.25) is 0 Å². The number of rotatable bonds is 4. The van der Waals surface area contributed by atoms with Gasteiger partial charge in [-0.2, -0.15) is 4.98 Å². The summed E-state index contributed by atoms with van der Waals surface area (Å²) in [6, 6.07) is 5.23. The molecule has 0 saturated heterocycles. The molecule has 2 rings (SSSR count). The number of nitrogens with zero attached hydrogens (tertiary/aromatic N) is 2. The molecule has 0 radical (unpaired) electrons. The Hall–Kier alpha value is -2.02. The summed E-state index contributed by atoms with van der Waals surface area (Å²) in [6.07, 6.45) is 1.54. The molecule has 0 aliphatic rings. The van der Waals surface area contributed by atoms with Gasteiger partial charge in [-0.1, -0.05) is 0 Å². The van der Waals surface area contributed by atoms with E-state index in [0.717, 1.165) is 0 Å². The van der Waals surface area contributed by atoms with E-state index in [1.54, 1.807) is 31.5 Å². The fourth-order valence-electron chi connectivity index (χ4n) is 1.37. The number of ether oxygens (including phenoxy) is 3. The highest BCUT2D eigenvalue weighted by molar-refractivity contribution is 9.10. The van der Waals surface area contributed by atoms with Crippen LogP contribution in [0.25, 0.3) is 0 Å². The first kappa shape index (κ1) is 13.4. The lowest BCUT2D eigenvalue weighted by Crippen LogP contribution is -1.98. The first-order valence-corrected chi connectivity index (χ1v) is 6.11. The van der Waals surface area contributed by atoms with Crippen molar-refractivity contribution in [2.24, 2.45) is 0 Å². The lowest BCUT2D eigenvalue weighted by molar-refractivity contribution is 0.373. The van der Waals surface area contributed by atoms with E-state index in [-0.39, 0.29) is 6.01 Å². The molecular formula is C12H12BrN3O3. The predicted molar refractivity (Wildman–Crippen MR) is 73.8 cm³/mol. The van der Waals surface area contributed by atoms with Crippen LogP contribution in [0, 0.1) is 0 Å². The van der Waals surface area contributed by atoms with Gasteiger partial charge in [0, 0.05) is 6.07 Å². The van der Waals surface area contributed by atoms with Crippen LogP contribution in [0.4, 0.5) is 5.69 Å². The highest BCUT2D eigenvalue weighted by atomic mass is 79.9. The molecule has 7 heteroatoms. The number of anilines is 1. The minimum Gasteiger partial charge on any atom is -0.497 e. The molecule has 0 aliphatic heterocycles. The van der Waals surface area contributed by atoms with Crippen molar-refractivity contribution < 1.29 is 14.2 Å². The Morgan fingerprint density at radius 1 is 1.21 bits per heavy atom. The van der Waals surface area contributed by atoms with Crippen molar-refractivity contribution in [1.82, 2.24) is 9.97 Å². The van der Waals surface area contributed by atoms with Crippen molar-refractivity contribution in [3.8, 4) is 23.4 Å². The maximum atomic E-state index is 5.84. The number of nitrogens with two attached hydrogens (primary N) is 1. The zero-order chi connectivity index (χ0) is 13.8. The molecule has 0 atom stereocenters. The van der Waals surface area contributed by atoms with Crippen LogP contribution in [-0.2, 0) is 0 Å². The second kappa shape index (κ2) is 5.75. The molecule has 6 nitrogen and oxygen atoms in total. The first-order chi connectivity index (χ1) is 9.13. The van der Waals surface area contributed by atoms with Crippen molar-refractivity contribution in [1.29, 1.82) is 0 Å². The van der Waals surface area contributed by atoms with E-state index in [0.29, 0.717) is 27.5 Å². The summed E-state index contributed by atoms with van der Waals surface area (Å²) in [5, 5.41) is 0. The molecule has 0 unspecified atom stereocenters. The zero-order valence-electron chi connectivity index (χ0n) is 10.4. The SMILES string of the molecule is COc1ccc(Oc2ncc(Br)c(OC)n2)c(N)c1. The van der Waals surface area contributed by atoms with Crippen molar-refractivity contribution >= 4 is 21.6 Å². The number of hydrogen-bond acceptors (Lipinski definition) is 6. The molecule has 0 aliphatic carbocycles. The van der Waals surface area contributed by atoms with Crippen LogP contribution in [0.15, 0.2) is 28.9 Å². The number of nitrogen functional groups attached to an aromatic ring is 1. The van der Waals surface area contributed by atoms with Crippen LogP contribution in [0.5, 0.6) is 23.4 Å². The summed E-state index contributed by atoms with van der Waals surface area (Å²) in [6.45, 7) is 0. The van der Waals surface area contributed by atoms with Crippen molar-refractivity contribution in [2.75, 3.05) is 20.0 Å². The van der Waals surface area contributed by atoms with E-state index in [1.165, 1.54) is 7.11 Å². The number of aromatic nitrogens is 2. The lowest BCUT2D eigenvalue weighted by Gasteiger charge is -2.09. The summed E-state index contributed by atoms with van der Waals surface area (Å²) in [4.78, 5) is 8.10. The molecule has 0 bridgehead atoms. The van der Waals surface area contributed by atoms with Crippen molar-refractivity contribution in [3.05, 3.63) is 28.9 Å². The van der Waals surface area contributed by atoms with E-state index in [1.807, 2.05) is 0 Å². The Balaban J connectivity index is 2.26. The number of methoxy groups -OCH3 is 2. The molecule has 0 saturated carbocycles. The molecule has 100 valence electrons. The van der Waals surface area contributed by atoms with Crippen LogP contribution in [-0.4, -0.2) is 24.2 Å². The molecule has 2 N–H and O–H groups in total. The minimum atomic E-state index is 0.150. The maximum absolute atomic E-state index is 5.84. The molecule has 1 aromatic heterocycles. The van der Waals surface area contributed by atoms with Crippen LogP contribution < -0.4 is 19.9 Å². The molecule has 2 aromatic rings. The van der Waals surface area contributed by atoms with Gasteiger partial charge in [0.05, 0.1) is 30.6 Å². The van der Waals surface area contributed by atoms with Crippen LogP contribution >= 0.6 is 15.9 Å². The number of halogens is 1. The monoisotopic (exact) mass is 325 g/mol. The Kier molecular flexibility index (Phi) is 4.06. The second-order valence-corrected chi connectivity index (χ2v) is 4.37. The van der Waals surface area contributed by atoms with Crippen molar-refractivity contribution in [3.63, 3.8) is 0 Å². The summed E-state index contributed by atoms with van der Waals surface area (Å²) in [7, 11) is 3.08. The zero-order valence-corrected chi connectivity index (χ0v) is 12.0. The van der Waals surface area contributed by atoms with E-state index < -0.39 is 0 Å². The topological polar surface area (TPSA) is 79.5 Å². The highest BCUT2D eigenvalue weighted by Gasteiger charge is 2.09. The van der Waals surface area contributed by atoms with Gasteiger partial charge in [-0.25, -0.2) is 4.98 Å². The largest absolute Gasteiger partial charge is 0.497 e. The Morgan fingerprint density at radius 2 is 2.00 bits per heavy atom. The van der Waals surface area contributed by atoms with Crippen LogP contribution in [0.1, 0.15) is 0 Å². The van der Waals surface area contributed by atoms with E-state index in [9.17, 15) is 0 Å². The highest BCUT2D eigenvalue weighted by Crippen LogP contribution is 2.30. The fraction of sp³-hybridized carbons (Fsp3) is 0.167. The quantitative estimate of drug-likeness (QED) is 0.870. The van der Waals surface area contributed by atoms with Gasteiger partial charge in [0.25, 0.3) is 0 Å². The molecule has 19 heavy (non-hydrogen) atoms. The fourth-order valence-corrected chi connectivity index (χ4v) is 1.73. The van der Waals surface area contributed by atoms with Gasteiger partial charge in [0.1, 0.15) is 5.75 Å². The second-order valence-electron chi connectivity index (χ2n) is 3.52. The Labute approximate surface area is 118 Å². The maximum Gasteiger partial charge on any atom is 0.325 e. The summed E-state index contributed by atoms with van der Waals surface area (Å²) in [5.41, 5.74) is 6.28. The van der Waals surface area contributed by atoms with E-state index in [2.05, 4.69) is 25.9 Å². The van der Waals surface area contributed by atoms with Gasteiger partial charge in [-0.05, 0) is 28.1 Å². The third kappa shape index (κ3) is 3.05. The third-order valence-electron chi connectivity index (χ3n) is 2.30.